The Labute approximate surface area is 76.2 Å². The Kier molecular flexibility index (Phi) is 1.63. The van der Waals surface area contributed by atoms with Crippen LogP contribution in [0.15, 0.2) is 24.3 Å². The summed E-state index contributed by atoms with van der Waals surface area (Å²) in [7, 11) is 0. The Bertz CT molecular complexity index is 356. The summed E-state index contributed by atoms with van der Waals surface area (Å²) in [5.41, 5.74) is 5.60. The van der Waals surface area contributed by atoms with Crippen LogP contribution in [0.5, 0.6) is 5.75 Å². The molecule has 0 bridgehead atoms. The SMILES string of the molecule is NC1(C(=O)c2cccc(O)c2)CC1. The van der Waals surface area contributed by atoms with Crippen LogP contribution in [0.2, 0.25) is 0 Å². The smallest absolute Gasteiger partial charge is 0.182 e. The monoisotopic (exact) mass is 177 g/mol. The standard InChI is InChI=1S/C10H11NO2/c11-10(4-5-10)9(13)7-2-1-3-8(12)6-7/h1-3,6,12H,4-5,11H2. The molecular formula is C10H11NO2. The molecule has 1 saturated carbocycles. The molecule has 1 aliphatic carbocycles. The molecule has 1 aromatic carbocycles. The van der Waals surface area contributed by atoms with Crippen molar-refractivity contribution in [1.82, 2.24) is 0 Å². The summed E-state index contributed by atoms with van der Waals surface area (Å²) in [6.07, 6.45) is 1.50. The van der Waals surface area contributed by atoms with Crippen molar-refractivity contribution in [2.75, 3.05) is 0 Å². The molecule has 1 aromatic rings. The van der Waals surface area contributed by atoms with Crippen LogP contribution in [0.25, 0.3) is 0 Å². The molecule has 0 spiro atoms. The molecule has 0 heterocycles. The van der Waals surface area contributed by atoms with Crippen molar-refractivity contribution in [1.29, 1.82) is 0 Å². The lowest BCUT2D eigenvalue weighted by atomic mass is 10.0. The highest BCUT2D eigenvalue weighted by molar-refractivity contribution is 6.05. The third-order valence-corrected chi connectivity index (χ3v) is 2.35. The van der Waals surface area contributed by atoms with Gasteiger partial charge in [-0.15, -0.1) is 0 Å². The zero-order chi connectivity index (χ0) is 9.47. The summed E-state index contributed by atoms with van der Waals surface area (Å²) in [6.45, 7) is 0. The fourth-order valence-corrected chi connectivity index (χ4v) is 1.30. The van der Waals surface area contributed by atoms with Crippen LogP contribution in [0, 0.1) is 0 Å². The number of benzene rings is 1. The topological polar surface area (TPSA) is 63.3 Å². The van der Waals surface area contributed by atoms with Crippen LogP contribution < -0.4 is 5.73 Å². The van der Waals surface area contributed by atoms with E-state index in [4.69, 9.17) is 10.8 Å². The van der Waals surface area contributed by atoms with E-state index in [0.29, 0.717) is 5.56 Å². The van der Waals surface area contributed by atoms with Crippen LogP contribution in [0.4, 0.5) is 0 Å². The van der Waals surface area contributed by atoms with Gasteiger partial charge in [0, 0.05) is 5.56 Å². The minimum atomic E-state index is -0.645. The van der Waals surface area contributed by atoms with Crippen molar-refractivity contribution in [3.05, 3.63) is 29.8 Å². The van der Waals surface area contributed by atoms with Gasteiger partial charge in [0.05, 0.1) is 5.54 Å². The predicted octanol–water partition coefficient (Wildman–Crippen LogP) is 1.07. The number of carbonyl (C=O) groups excluding carboxylic acids is 1. The van der Waals surface area contributed by atoms with Gasteiger partial charge in [-0.2, -0.15) is 0 Å². The normalized spacial score (nSPS) is 18.2. The van der Waals surface area contributed by atoms with Crippen LogP contribution in [-0.4, -0.2) is 16.4 Å². The molecule has 68 valence electrons. The number of ketones is 1. The van der Waals surface area contributed by atoms with E-state index < -0.39 is 5.54 Å². The second kappa shape index (κ2) is 2.57. The van der Waals surface area contributed by atoms with Gasteiger partial charge in [0.25, 0.3) is 0 Å². The fraction of sp³-hybridized carbons (Fsp3) is 0.300. The van der Waals surface area contributed by atoms with Gasteiger partial charge in [0.15, 0.2) is 5.78 Å². The van der Waals surface area contributed by atoms with Crippen molar-refractivity contribution in [3.8, 4) is 5.75 Å². The maximum Gasteiger partial charge on any atom is 0.182 e. The van der Waals surface area contributed by atoms with E-state index in [1.165, 1.54) is 12.1 Å². The van der Waals surface area contributed by atoms with E-state index >= 15 is 0 Å². The zero-order valence-electron chi connectivity index (χ0n) is 7.16. The lowest BCUT2D eigenvalue weighted by Crippen LogP contribution is -2.32. The summed E-state index contributed by atoms with van der Waals surface area (Å²) in [6, 6.07) is 6.31. The maximum absolute atomic E-state index is 11.6. The van der Waals surface area contributed by atoms with Crippen molar-refractivity contribution >= 4 is 5.78 Å². The molecule has 3 N–H and O–H groups in total. The molecule has 0 saturated heterocycles. The summed E-state index contributed by atoms with van der Waals surface area (Å²) in [4.78, 5) is 11.6. The minimum Gasteiger partial charge on any atom is -0.508 e. The molecule has 3 heteroatoms. The van der Waals surface area contributed by atoms with Gasteiger partial charge in [0.1, 0.15) is 5.75 Å². The van der Waals surface area contributed by atoms with Crippen molar-refractivity contribution in [2.45, 2.75) is 18.4 Å². The van der Waals surface area contributed by atoms with E-state index in [9.17, 15) is 4.79 Å². The van der Waals surface area contributed by atoms with Gasteiger partial charge in [-0.1, -0.05) is 12.1 Å². The quantitative estimate of drug-likeness (QED) is 0.664. The third kappa shape index (κ3) is 1.42. The molecule has 3 nitrogen and oxygen atoms in total. The Morgan fingerprint density at radius 3 is 2.69 bits per heavy atom. The first-order chi connectivity index (χ1) is 6.12. The number of phenolic OH excluding ortho intramolecular Hbond substituents is 1. The number of nitrogens with two attached hydrogens (primary N) is 1. The molecule has 0 amide bonds. The Morgan fingerprint density at radius 1 is 1.46 bits per heavy atom. The molecule has 0 atom stereocenters. The molecule has 0 unspecified atom stereocenters. The molecule has 0 aliphatic heterocycles. The van der Waals surface area contributed by atoms with Crippen LogP contribution in [-0.2, 0) is 0 Å². The average Bonchev–Trinajstić information content (AvgIpc) is 2.84. The van der Waals surface area contributed by atoms with Gasteiger partial charge < -0.3 is 10.8 Å². The maximum atomic E-state index is 11.6. The summed E-state index contributed by atoms with van der Waals surface area (Å²) in [5.74, 6) is 0.0403. The number of Topliss-reactive ketones (excluding diaryl/α,β-unsaturated/α-hetero) is 1. The fourth-order valence-electron chi connectivity index (χ4n) is 1.30. The van der Waals surface area contributed by atoms with Crippen LogP contribution in [0.1, 0.15) is 23.2 Å². The average molecular weight is 177 g/mol. The molecule has 1 fully saturated rings. The van der Waals surface area contributed by atoms with Gasteiger partial charge in [-0.3, -0.25) is 4.79 Å². The van der Waals surface area contributed by atoms with Gasteiger partial charge >= 0.3 is 0 Å². The second-order valence-corrected chi connectivity index (χ2v) is 3.54. The summed E-state index contributed by atoms with van der Waals surface area (Å²) < 4.78 is 0. The molecule has 1 aliphatic rings. The first-order valence-corrected chi connectivity index (χ1v) is 4.24. The summed E-state index contributed by atoms with van der Waals surface area (Å²) in [5, 5.41) is 9.16. The Morgan fingerprint density at radius 2 is 2.15 bits per heavy atom. The number of rotatable bonds is 2. The Hall–Kier alpha value is -1.35. The number of hydrogen-bond acceptors (Lipinski definition) is 3. The highest BCUT2D eigenvalue weighted by Crippen LogP contribution is 2.35. The van der Waals surface area contributed by atoms with Crippen LogP contribution >= 0.6 is 0 Å². The lowest BCUT2D eigenvalue weighted by molar-refractivity contribution is 0.0949. The molecule has 2 rings (SSSR count). The van der Waals surface area contributed by atoms with Crippen molar-refractivity contribution < 1.29 is 9.90 Å². The van der Waals surface area contributed by atoms with E-state index in [1.807, 2.05) is 0 Å². The molecule has 0 radical (unpaired) electrons. The van der Waals surface area contributed by atoms with Gasteiger partial charge in [0.2, 0.25) is 0 Å². The van der Waals surface area contributed by atoms with E-state index in [1.54, 1.807) is 12.1 Å². The number of hydrogen-bond donors (Lipinski definition) is 2. The molecular weight excluding hydrogens is 166 g/mol. The lowest BCUT2D eigenvalue weighted by Gasteiger charge is -2.06. The first-order valence-electron chi connectivity index (χ1n) is 4.24. The highest BCUT2D eigenvalue weighted by Gasteiger charge is 2.45. The Balaban J connectivity index is 2.30. The second-order valence-electron chi connectivity index (χ2n) is 3.54. The van der Waals surface area contributed by atoms with Crippen LogP contribution in [0.3, 0.4) is 0 Å². The number of phenols is 1. The van der Waals surface area contributed by atoms with Crippen molar-refractivity contribution in [2.24, 2.45) is 5.73 Å². The van der Waals surface area contributed by atoms with Gasteiger partial charge in [-0.05, 0) is 25.0 Å². The van der Waals surface area contributed by atoms with Gasteiger partial charge in [-0.25, -0.2) is 0 Å². The highest BCUT2D eigenvalue weighted by atomic mass is 16.3. The zero-order valence-corrected chi connectivity index (χ0v) is 7.16. The number of carbonyl (C=O) groups is 1. The van der Waals surface area contributed by atoms with Crippen molar-refractivity contribution in [3.63, 3.8) is 0 Å². The third-order valence-electron chi connectivity index (χ3n) is 2.35. The predicted molar refractivity (Wildman–Crippen MR) is 48.6 cm³/mol. The van der Waals surface area contributed by atoms with E-state index in [2.05, 4.69) is 0 Å². The largest absolute Gasteiger partial charge is 0.508 e. The molecule has 0 aromatic heterocycles. The first kappa shape index (κ1) is 8.26. The number of aromatic hydroxyl groups is 1. The summed E-state index contributed by atoms with van der Waals surface area (Å²) >= 11 is 0. The molecule has 13 heavy (non-hydrogen) atoms. The van der Waals surface area contributed by atoms with E-state index in [-0.39, 0.29) is 11.5 Å². The van der Waals surface area contributed by atoms with E-state index in [0.717, 1.165) is 12.8 Å². The minimum absolute atomic E-state index is 0.0663.